The summed E-state index contributed by atoms with van der Waals surface area (Å²) in [5, 5.41) is 8.84. The van der Waals surface area contributed by atoms with Crippen molar-refractivity contribution in [2.75, 3.05) is 19.6 Å². The smallest absolute Gasteiger partial charge is 0.303 e. The first-order valence-electron chi connectivity index (χ1n) is 6.06. The van der Waals surface area contributed by atoms with Gasteiger partial charge in [-0.2, -0.15) is 0 Å². The highest BCUT2D eigenvalue weighted by Crippen LogP contribution is 2.49. The summed E-state index contributed by atoms with van der Waals surface area (Å²) in [6.45, 7) is 7.56. The van der Waals surface area contributed by atoms with Gasteiger partial charge in [-0.25, -0.2) is 0 Å². The van der Waals surface area contributed by atoms with Crippen LogP contribution in [0.25, 0.3) is 0 Å². The van der Waals surface area contributed by atoms with Gasteiger partial charge in [-0.15, -0.1) is 0 Å². The molecule has 0 aliphatic heterocycles. The summed E-state index contributed by atoms with van der Waals surface area (Å²) < 4.78 is 0. The molecule has 0 aromatic carbocycles. The number of aliphatic carboxylic acids is 1. The van der Waals surface area contributed by atoms with Gasteiger partial charge in [-0.3, -0.25) is 4.79 Å². The van der Waals surface area contributed by atoms with Crippen LogP contribution >= 0.6 is 0 Å². The van der Waals surface area contributed by atoms with Crippen molar-refractivity contribution in [2.45, 2.75) is 46.0 Å². The molecule has 1 fully saturated rings. The van der Waals surface area contributed by atoms with Crippen LogP contribution in [0.3, 0.4) is 0 Å². The Balaban J connectivity index is 2.39. The Bertz CT molecular complexity index is 206. The summed E-state index contributed by atoms with van der Waals surface area (Å²) in [4.78, 5) is 13.2. The predicted molar refractivity (Wildman–Crippen MR) is 60.9 cm³/mol. The van der Waals surface area contributed by atoms with Gasteiger partial charge in [0.1, 0.15) is 0 Å². The monoisotopic (exact) mass is 213 g/mol. The van der Waals surface area contributed by atoms with Crippen molar-refractivity contribution >= 4 is 5.97 Å². The van der Waals surface area contributed by atoms with Crippen LogP contribution < -0.4 is 0 Å². The zero-order valence-corrected chi connectivity index (χ0v) is 9.96. The van der Waals surface area contributed by atoms with Crippen molar-refractivity contribution in [3.8, 4) is 0 Å². The molecule has 15 heavy (non-hydrogen) atoms. The fourth-order valence-electron chi connectivity index (χ4n) is 2.27. The molecule has 0 amide bonds. The zero-order valence-electron chi connectivity index (χ0n) is 9.96. The number of hydrogen-bond donors (Lipinski definition) is 1. The van der Waals surface area contributed by atoms with Gasteiger partial charge in [0.15, 0.2) is 0 Å². The third kappa shape index (κ3) is 4.20. The number of carbonyl (C=O) groups is 1. The second-order valence-electron chi connectivity index (χ2n) is 4.85. The standard InChI is InChI=1S/C12H23NO2/c1-3-7-13(8-4-2)10-12(5-6-12)9-11(14)15/h3-10H2,1-2H3,(H,14,15). The van der Waals surface area contributed by atoms with Crippen LogP contribution in [0.1, 0.15) is 46.0 Å². The van der Waals surface area contributed by atoms with Gasteiger partial charge in [0.05, 0.1) is 6.42 Å². The van der Waals surface area contributed by atoms with E-state index < -0.39 is 5.97 Å². The van der Waals surface area contributed by atoms with Gasteiger partial charge < -0.3 is 10.0 Å². The number of hydrogen-bond acceptors (Lipinski definition) is 2. The first-order valence-corrected chi connectivity index (χ1v) is 6.06. The average Bonchev–Trinajstić information content (AvgIpc) is 2.84. The van der Waals surface area contributed by atoms with Crippen molar-refractivity contribution in [3.63, 3.8) is 0 Å². The van der Waals surface area contributed by atoms with Gasteiger partial charge in [-0.05, 0) is 44.2 Å². The van der Waals surface area contributed by atoms with E-state index in [1.807, 2.05) is 0 Å². The van der Waals surface area contributed by atoms with E-state index in [2.05, 4.69) is 18.7 Å². The lowest BCUT2D eigenvalue weighted by Crippen LogP contribution is -2.33. The van der Waals surface area contributed by atoms with Gasteiger partial charge in [0.25, 0.3) is 0 Å². The maximum absolute atomic E-state index is 10.7. The van der Waals surface area contributed by atoms with Crippen molar-refractivity contribution in [2.24, 2.45) is 5.41 Å². The molecule has 0 spiro atoms. The first kappa shape index (κ1) is 12.5. The topological polar surface area (TPSA) is 40.5 Å². The summed E-state index contributed by atoms with van der Waals surface area (Å²) in [6.07, 6.45) is 4.87. The summed E-state index contributed by atoms with van der Waals surface area (Å²) in [5.41, 5.74) is 0.121. The fourth-order valence-corrected chi connectivity index (χ4v) is 2.27. The van der Waals surface area contributed by atoms with E-state index >= 15 is 0 Å². The lowest BCUT2D eigenvalue weighted by Gasteiger charge is -2.25. The SMILES string of the molecule is CCCN(CCC)CC1(CC(=O)O)CC1. The van der Waals surface area contributed by atoms with Crippen LogP contribution in [0, 0.1) is 5.41 Å². The van der Waals surface area contributed by atoms with Gasteiger partial charge in [0, 0.05) is 6.54 Å². The molecule has 3 nitrogen and oxygen atoms in total. The van der Waals surface area contributed by atoms with Gasteiger partial charge >= 0.3 is 5.97 Å². The summed E-state index contributed by atoms with van der Waals surface area (Å²) in [6, 6.07) is 0. The maximum Gasteiger partial charge on any atom is 0.303 e. The number of rotatable bonds is 8. The molecule has 1 aliphatic carbocycles. The quantitative estimate of drug-likeness (QED) is 0.673. The number of nitrogens with zero attached hydrogens (tertiary/aromatic N) is 1. The molecule has 0 aromatic rings. The highest BCUT2D eigenvalue weighted by Gasteiger charge is 2.45. The molecule has 1 saturated carbocycles. The van der Waals surface area contributed by atoms with Gasteiger partial charge in [0.2, 0.25) is 0 Å². The van der Waals surface area contributed by atoms with Crippen LogP contribution in [-0.2, 0) is 4.79 Å². The number of carboxylic acids is 1. The molecular weight excluding hydrogens is 190 g/mol. The highest BCUT2D eigenvalue weighted by atomic mass is 16.4. The average molecular weight is 213 g/mol. The van der Waals surface area contributed by atoms with Gasteiger partial charge in [-0.1, -0.05) is 13.8 Å². The molecule has 0 unspecified atom stereocenters. The first-order chi connectivity index (χ1) is 7.12. The Labute approximate surface area is 92.5 Å². The van der Waals surface area contributed by atoms with Crippen LogP contribution in [0.5, 0.6) is 0 Å². The highest BCUT2D eigenvalue weighted by molar-refractivity contribution is 5.68. The normalized spacial score (nSPS) is 18.1. The fraction of sp³-hybridized carbons (Fsp3) is 0.917. The largest absolute Gasteiger partial charge is 0.481 e. The summed E-state index contributed by atoms with van der Waals surface area (Å²) in [5.74, 6) is -0.638. The van der Waals surface area contributed by atoms with Crippen molar-refractivity contribution in [1.29, 1.82) is 0 Å². The van der Waals surface area contributed by atoms with Crippen molar-refractivity contribution in [1.82, 2.24) is 4.90 Å². The molecule has 3 heteroatoms. The van der Waals surface area contributed by atoms with Crippen LogP contribution in [0.15, 0.2) is 0 Å². The lowest BCUT2D eigenvalue weighted by molar-refractivity contribution is -0.138. The predicted octanol–water partition coefficient (Wildman–Crippen LogP) is 2.36. The van der Waals surface area contributed by atoms with E-state index in [4.69, 9.17) is 5.11 Å². The van der Waals surface area contributed by atoms with Crippen molar-refractivity contribution in [3.05, 3.63) is 0 Å². The zero-order chi connectivity index (χ0) is 11.3. The second kappa shape index (κ2) is 5.50. The molecule has 0 heterocycles. The minimum atomic E-state index is -0.638. The third-order valence-electron chi connectivity index (χ3n) is 3.12. The molecule has 1 N–H and O–H groups in total. The third-order valence-corrected chi connectivity index (χ3v) is 3.12. The van der Waals surface area contributed by atoms with E-state index in [0.717, 1.165) is 45.3 Å². The van der Waals surface area contributed by atoms with E-state index in [1.165, 1.54) is 0 Å². The van der Waals surface area contributed by atoms with Crippen LogP contribution in [-0.4, -0.2) is 35.6 Å². The Morgan fingerprint density at radius 3 is 2.13 bits per heavy atom. The molecule has 0 bridgehead atoms. The summed E-state index contributed by atoms with van der Waals surface area (Å²) >= 11 is 0. The van der Waals surface area contributed by atoms with Crippen LogP contribution in [0.2, 0.25) is 0 Å². The molecule has 1 aliphatic rings. The van der Waals surface area contributed by atoms with E-state index in [-0.39, 0.29) is 5.41 Å². The Morgan fingerprint density at radius 2 is 1.80 bits per heavy atom. The minimum absolute atomic E-state index is 0.121. The van der Waals surface area contributed by atoms with Crippen molar-refractivity contribution < 1.29 is 9.90 Å². The molecule has 0 atom stereocenters. The lowest BCUT2D eigenvalue weighted by atomic mass is 10.0. The van der Waals surface area contributed by atoms with Crippen LogP contribution in [0.4, 0.5) is 0 Å². The molecule has 0 saturated heterocycles. The maximum atomic E-state index is 10.7. The molecule has 88 valence electrons. The van der Waals surface area contributed by atoms with E-state index in [9.17, 15) is 4.79 Å². The molecule has 0 aromatic heterocycles. The second-order valence-corrected chi connectivity index (χ2v) is 4.85. The Kier molecular flexibility index (Phi) is 4.58. The Morgan fingerprint density at radius 1 is 1.27 bits per heavy atom. The van der Waals surface area contributed by atoms with E-state index in [0.29, 0.717) is 6.42 Å². The molecule has 0 radical (unpaired) electrons. The molecular formula is C12H23NO2. The molecule has 1 rings (SSSR count). The van der Waals surface area contributed by atoms with E-state index in [1.54, 1.807) is 0 Å². The summed E-state index contributed by atoms with van der Waals surface area (Å²) in [7, 11) is 0. The number of carboxylic acid groups (broad SMARTS) is 1. The Hall–Kier alpha value is -0.570. The minimum Gasteiger partial charge on any atom is -0.481 e.